The first-order valence-electron chi connectivity index (χ1n) is 10.8. The minimum Gasteiger partial charge on any atom is -0.464 e. The van der Waals surface area contributed by atoms with Crippen LogP contribution < -0.4 is 5.32 Å². The summed E-state index contributed by atoms with van der Waals surface area (Å²) in [5, 5.41) is 13.2. The van der Waals surface area contributed by atoms with Gasteiger partial charge >= 0.3 is 5.97 Å². The molecule has 2 unspecified atom stereocenters. The van der Waals surface area contributed by atoms with Crippen LogP contribution in [0.3, 0.4) is 0 Å². The third-order valence-corrected chi connectivity index (χ3v) is 4.82. The van der Waals surface area contributed by atoms with Crippen LogP contribution in [0.1, 0.15) is 89.7 Å². The lowest BCUT2D eigenvalue weighted by molar-refractivity contribution is -0.151. The van der Waals surface area contributed by atoms with E-state index in [1.165, 1.54) is 38.5 Å². The van der Waals surface area contributed by atoms with E-state index in [1.54, 1.807) is 31.2 Å². The summed E-state index contributed by atoms with van der Waals surface area (Å²) in [4.78, 5) is 24.5. The number of carbonyl (C=O) groups excluding carboxylic acids is 2. The number of amides is 1. The van der Waals surface area contributed by atoms with Crippen molar-refractivity contribution < 1.29 is 19.4 Å². The fourth-order valence-electron chi connectivity index (χ4n) is 3.18. The molecule has 0 aliphatic carbocycles. The summed E-state index contributed by atoms with van der Waals surface area (Å²) in [6, 6.07) is 7.76. The first kappa shape index (κ1) is 24.2. The Bertz CT molecular complexity index is 547. The van der Waals surface area contributed by atoms with Crippen LogP contribution in [0, 0.1) is 0 Å². The van der Waals surface area contributed by atoms with E-state index in [4.69, 9.17) is 4.74 Å². The minimum absolute atomic E-state index is 0.199. The topological polar surface area (TPSA) is 75.6 Å². The molecular formula is C23H37NO4. The van der Waals surface area contributed by atoms with Crippen molar-refractivity contribution in [2.45, 2.75) is 90.2 Å². The van der Waals surface area contributed by atoms with Gasteiger partial charge in [-0.1, -0.05) is 88.6 Å². The second-order valence-corrected chi connectivity index (χ2v) is 7.23. The lowest BCUT2D eigenvalue weighted by Crippen LogP contribution is -2.46. The summed E-state index contributed by atoms with van der Waals surface area (Å²) in [5.74, 6) is -0.838. The third kappa shape index (κ3) is 9.88. The van der Waals surface area contributed by atoms with Crippen molar-refractivity contribution in [1.29, 1.82) is 0 Å². The smallest absolute Gasteiger partial charge is 0.331 e. The number of unbranched alkanes of at least 4 members (excludes halogenated alkanes) is 8. The van der Waals surface area contributed by atoms with Gasteiger partial charge in [-0.05, 0) is 18.9 Å². The Kier molecular flexibility index (Phi) is 13.0. The Labute approximate surface area is 169 Å². The molecule has 0 saturated heterocycles. The quantitative estimate of drug-likeness (QED) is 0.336. The van der Waals surface area contributed by atoms with Gasteiger partial charge in [0.2, 0.25) is 5.91 Å². The standard InChI is InChI=1S/C23H37NO4/c1-3-5-6-7-8-9-10-11-15-18-20(25)24-21(23(27)28-4-2)22(26)19-16-13-12-14-17-19/h12-14,16-17,21-22,26H,3-11,15,18H2,1-2H3,(H,24,25). The van der Waals surface area contributed by atoms with Crippen molar-refractivity contribution in [3.63, 3.8) is 0 Å². The highest BCUT2D eigenvalue weighted by atomic mass is 16.5. The largest absolute Gasteiger partial charge is 0.464 e. The number of ether oxygens (including phenoxy) is 1. The Morgan fingerprint density at radius 3 is 2.07 bits per heavy atom. The lowest BCUT2D eigenvalue weighted by Gasteiger charge is -2.23. The molecule has 158 valence electrons. The van der Waals surface area contributed by atoms with Crippen molar-refractivity contribution in [2.75, 3.05) is 6.61 Å². The van der Waals surface area contributed by atoms with Gasteiger partial charge in [0.15, 0.2) is 6.04 Å². The van der Waals surface area contributed by atoms with Crippen LogP contribution in [-0.4, -0.2) is 29.6 Å². The van der Waals surface area contributed by atoms with Crippen molar-refractivity contribution in [2.24, 2.45) is 0 Å². The molecule has 5 nitrogen and oxygen atoms in total. The number of aliphatic hydroxyl groups excluding tert-OH is 1. The first-order valence-corrected chi connectivity index (χ1v) is 10.8. The molecular weight excluding hydrogens is 354 g/mol. The fraction of sp³-hybridized carbons (Fsp3) is 0.652. The number of carbonyl (C=O) groups is 2. The van der Waals surface area contributed by atoms with E-state index < -0.39 is 18.1 Å². The van der Waals surface area contributed by atoms with E-state index in [0.717, 1.165) is 19.3 Å². The monoisotopic (exact) mass is 391 g/mol. The molecule has 28 heavy (non-hydrogen) atoms. The van der Waals surface area contributed by atoms with Gasteiger partial charge in [0.25, 0.3) is 0 Å². The highest BCUT2D eigenvalue weighted by molar-refractivity contribution is 5.85. The van der Waals surface area contributed by atoms with Gasteiger partial charge in [0.05, 0.1) is 6.61 Å². The van der Waals surface area contributed by atoms with E-state index in [-0.39, 0.29) is 12.5 Å². The van der Waals surface area contributed by atoms with Gasteiger partial charge in [-0.2, -0.15) is 0 Å². The van der Waals surface area contributed by atoms with Crippen LogP contribution in [-0.2, 0) is 14.3 Å². The Balaban J connectivity index is 2.38. The molecule has 1 aromatic rings. The normalized spacial score (nSPS) is 13.0. The van der Waals surface area contributed by atoms with Gasteiger partial charge in [0.1, 0.15) is 6.10 Å². The Morgan fingerprint density at radius 2 is 1.50 bits per heavy atom. The molecule has 0 heterocycles. The number of esters is 1. The average Bonchev–Trinajstić information content (AvgIpc) is 2.71. The van der Waals surface area contributed by atoms with Gasteiger partial charge in [-0.3, -0.25) is 4.79 Å². The van der Waals surface area contributed by atoms with Crippen molar-refractivity contribution in [3.8, 4) is 0 Å². The van der Waals surface area contributed by atoms with Crippen LogP contribution >= 0.6 is 0 Å². The zero-order valence-corrected chi connectivity index (χ0v) is 17.5. The van der Waals surface area contributed by atoms with Crippen molar-refractivity contribution in [3.05, 3.63) is 35.9 Å². The molecule has 5 heteroatoms. The highest BCUT2D eigenvalue weighted by Gasteiger charge is 2.30. The Hall–Kier alpha value is -1.88. The van der Waals surface area contributed by atoms with Crippen molar-refractivity contribution >= 4 is 11.9 Å². The van der Waals surface area contributed by atoms with E-state index >= 15 is 0 Å². The summed E-state index contributed by atoms with van der Waals surface area (Å²) >= 11 is 0. The van der Waals surface area contributed by atoms with Gasteiger partial charge in [-0.15, -0.1) is 0 Å². The number of hydrogen-bond donors (Lipinski definition) is 2. The molecule has 1 rings (SSSR count). The number of hydrogen-bond acceptors (Lipinski definition) is 4. The van der Waals surface area contributed by atoms with E-state index in [2.05, 4.69) is 12.2 Å². The van der Waals surface area contributed by atoms with Gasteiger partial charge in [-0.25, -0.2) is 4.79 Å². The van der Waals surface area contributed by atoms with Crippen LogP contribution in [0.25, 0.3) is 0 Å². The van der Waals surface area contributed by atoms with Crippen LogP contribution in [0.4, 0.5) is 0 Å². The number of rotatable bonds is 15. The molecule has 0 fully saturated rings. The number of aliphatic hydroxyl groups is 1. The summed E-state index contributed by atoms with van der Waals surface area (Å²) in [7, 11) is 0. The molecule has 2 N–H and O–H groups in total. The molecule has 1 aromatic carbocycles. The third-order valence-electron chi connectivity index (χ3n) is 4.82. The van der Waals surface area contributed by atoms with E-state index in [0.29, 0.717) is 12.0 Å². The van der Waals surface area contributed by atoms with Gasteiger partial charge in [0, 0.05) is 6.42 Å². The minimum atomic E-state index is -1.13. The summed E-state index contributed by atoms with van der Waals surface area (Å²) in [6.45, 7) is 4.12. The van der Waals surface area contributed by atoms with Crippen LogP contribution in [0.5, 0.6) is 0 Å². The zero-order chi connectivity index (χ0) is 20.6. The predicted octanol–water partition coefficient (Wildman–Crippen LogP) is 4.69. The maximum Gasteiger partial charge on any atom is 0.331 e. The molecule has 1 amide bonds. The average molecular weight is 392 g/mol. The molecule has 0 aromatic heterocycles. The zero-order valence-electron chi connectivity index (χ0n) is 17.5. The second-order valence-electron chi connectivity index (χ2n) is 7.23. The SMILES string of the molecule is CCCCCCCCCCCC(=O)NC(C(=O)OCC)C(O)c1ccccc1. The molecule has 0 aliphatic rings. The maximum absolute atomic E-state index is 12.3. The van der Waals surface area contributed by atoms with E-state index in [1.807, 2.05) is 6.07 Å². The molecule has 0 saturated carbocycles. The molecule has 0 spiro atoms. The molecule has 2 atom stereocenters. The number of benzene rings is 1. The first-order chi connectivity index (χ1) is 13.6. The summed E-state index contributed by atoms with van der Waals surface area (Å²) in [5.41, 5.74) is 0.573. The summed E-state index contributed by atoms with van der Waals surface area (Å²) < 4.78 is 5.03. The van der Waals surface area contributed by atoms with Gasteiger partial charge < -0.3 is 15.2 Å². The predicted molar refractivity (Wildman–Crippen MR) is 112 cm³/mol. The maximum atomic E-state index is 12.3. The lowest BCUT2D eigenvalue weighted by atomic mass is 10.0. The fourth-order valence-corrected chi connectivity index (χ4v) is 3.18. The second kappa shape index (κ2) is 15.1. The molecule has 0 radical (unpaired) electrons. The molecule has 0 bridgehead atoms. The Morgan fingerprint density at radius 1 is 0.929 bits per heavy atom. The number of nitrogens with one attached hydrogen (secondary N) is 1. The summed E-state index contributed by atoms with van der Waals surface area (Å²) in [6.07, 6.45) is 9.82. The van der Waals surface area contributed by atoms with Crippen LogP contribution in [0.2, 0.25) is 0 Å². The van der Waals surface area contributed by atoms with E-state index in [9.17, 15) is 14.7 Å². The molecule has 0 aliphatic heterocycles. The van der Waals surface area contributed by atoms with Crippen LogP contribution in [0.15, 0.2) is 30.3 Å². The van der Waals surface area contributed by atoms with Crippen molar-refractivity contribution in [1.82, 2.24) is 5.32 Å². The highest BCUT2D eigenvalue weighted by Crippen LogP contribution is 2.18.